The van der Waals surface area contributed by atoms with Gasteiger partial charge in [0.1, 0.15) is 16.2 Å². The lowest BCUT2D eigenvalue weighted by molar-refractivity contribution is 0.484. The second kappa shape index (κ2) is 5.01. The number of hydrogen-bond acceptors (Lipinski definition) is 4. The van der Waals surface area contributed by atoms with E-state index in [0.717, 1.165) is 11.0 Å². The second-order valence-electron chi connectivity index (χ2n) is 4.89. The number of H-pyrrole nitrogens is 1. The Morgan fingerprint density at radius 3 is 2.76 bits per heavy atom. The van der Waals surface area contributed by atoms with Crippen molar-refractivity contribution in [1.29, 1.82) is 0 Å². The monoisotopic (exact) mass is 305 g/mol. The molecule has 2 aromatic heterocycles. The quantitative estimate of drug-likeness (QED) is 0.775. The lowest BCUT2D eigenvalue weighted by atomic mass is 10.2. The zero-order valence-corrected chi connectivity index (χ0v) is 12.4. The molecule has 0 saturated heterocycles. The highest BCUT2D eigenvalue weighted by Gasteiger charge is 2.23. The number of sulfonamides is 1. The van der Waals surface area contributed by atoms with Crippen LogP contribution in [0.5, 0.6) is 0 Å². The van der Waals surface area contributed by atoms with Crippen molar-refractivity contribution in [3.63, 3.8) is 0 Å². The normalized spacial score (nSPS) is 13.6. The Bertz CT molecular complexity index is 847. The molecular formula is C14H15N3O3S. The van der Waals surface area contributed by atoms with Crippen molar-refractivity contribution in [1.82, 2.24) is 14.9 Å². The van der Waals surface area contributed by atoms with Crippen LogP contribution in [0.2, 0.25) is 0 Å². The van der Waals surface area contributed by atoms with Gasteiger partial charge >= 0.3 is 0 Å². The van der Waals surface area contributed by atoms with E-state index in [4.69, 9.17) is 4.42 Å². The minimum atomic E-state index is -3.64. The van der Waals surface area contributed by atoms with Crippen molar-refractivity contribution in [3.05, 3.63) is 48.0 Å². The molecule has 6 nitrogen and oxygen atoms in total. The number of aromatic nitrogens is 2. The molecule has 1 atom stereocenters. The van der Waals surface area contributed by atoms with Crippen molar-refractivity contribution in [2.75, 3.05) is 0 Å². The SMILES string of the molecule is Cc1[nH]ncc1S(=O)(=O)NC(C)c1cc2ccccc2o1. The summed E-state index contributed by atoms with van der Waals surface area (Å²) in [5, 5.41) is 7.29. The maximum atomic E-state index is 12.3. The highest BCUT2D eigenvalue weighted by molar-refractivity contribution is 7.89. The van der Waals surface area contributed by atoms with E-state index < -0.39 is 16.1 Å². The average molecular weight is 305 g/mol. The molecular weight excluding hydrogens is 290 g/mol. The molecule has 7 heteroatoms. The van der Waals surface area contributed by atoms with E-state index in [-0.39, 0.29) is 4.90 Å². The highest BCUT2D eigenvalue weighted by atomic mass is 32.2. The number of aryl methyl sites for hydroxylation is 1. The maximum Gasteiger partial charge on any atom is 0.244 e. The summed E-state index contributed by atoms with van der Waals surface area (Å²) < 4.78 is 32.9. The molecule has 0 radical (unpaired) electrons. The second-order valence-corrected chi connectivity index (χ2v) is 6.57. The van der Waals surface area contributed by atoms with E-state index in [1.54, 1.807) is 13.8 Å². The van der Waals surface area contributed by atoms with Gasteiger partial charge in [-0.25, -0.2) is 13.1 Å². The summed E-state index contributed by atoms with van der Waals surface area (Å²) in [6, 6.07) is 8.91. The number of aromatic amines is 1. The third-order valence-electron chi connectivity index (χ3n) is 3.28. The fraction of sp³-hybridized carbons (Fsp3) is 0.214. The zero-order valence-electron chi connectivity index (χ0n) is 11.6. The Morgan fingerprint density at radius 1 is 1.33 bits per heavy atom. The van der Waals surface area contributed by atoms with E-state index in [2.05, 4.69) is 14.9 Å². The van der Waals surface area contributed by atoms with Gasteiger partial charge in [-0.3, -0.25) is 5.10 Å². The van der Waals surface area contributed by atoms with Crippen LogP contribution in [0.25, 0.3) is 11.0 Å². The van der Waals surface area contributed by atoms with Crippen LogP contribution in [0, 0.1) is 6.92 Å². The maximum absolute atomic E-state index is 12.3. The lowest BCUT2D eigenvalue weighted by Crippen LogP contribution is -2.26. The molecule has 0 aliphatic rings. The van der Waals surface area contributed by atoms with Gasteiger partial charge in [-0.2, -0.15) is 5.10 Å². The van der Waals surface area contributed by atoms with E-state index >= 15 is 0 Å². The lowest BCUT2D eigenvalue weighted by Gasteiger charge is -2.11. The van der Waals surface area contributed by atoms with E-state index in [9.17, 15) is 8.42 Å². The molecule has 0 amide bonds. The molecule has 21 heavy (non-hydrogen) atoms. The Kier molecular flexibility index (Phi) is 3.30. The van der Waals surface area contributed by atoms with Crippen molar-refractivity contribution in [2.45, 2.75) is 24.8 Å². The number of para-hydroxylation sites is 1. The Balaban J connectivity index is 1.89. The van der Waals surface area contributed by atoms with Crippen LogP contribution in [-0.4, -0.2) is 18.6 Å². The molecule has 3 aromatic rings. The largest absolute Gasteiger partial charge is 0.459 e. The van der Waals surface area contributed by atoms with Gasteiger partial charge in [0.25, 0.3) is 0 Å². The Morgan fingerprint density at radius 2 is 2.10 bits per heavy atom. The summed E-state index contributed by atoms with van der Waals surface area (Å²) in [5.74, 6) is 0.570. The molecule has 0 fully saturated rings. The van der Waals surface area contributed by atoms with Crippen LogP contribution in [0.3, 0.4) is 0 Å². The molecule has 0 aliphatic heterocycles. The number of benzene rings is 1. The summed E-state index contributed by atoms with van der Waals surface area (Å²) >= 11 is 0. The Hall–Kier alpha value is -2.12. The van der Waals surface area contributed by atoms with Crippen LogP contribution in [0.1, 0.15) is 24.4 Å². The molecule has 0 aliphatic carbocycles. The van der Waals surface area contributed by atoms with Crippen LogP contribution < -0.4 is 4.72 Å². The molecule has 0 saturated carbocycles. The molecule has 1 unspecified atom stereocenters. The van der Waals surface area contributed by atoms with Gasteiger partial charge in [0.2, 0.25) is 10.0 Å². The first-order valence-corrected chi connectivity index (χ1v) is 7.96. The van der Waals surface area contributed by atoms with Gasteiger partial charge in [-0.05, 0) is 26.0 Å². The van der Waals surface area contributed by atoms with Crippen molar-refractivity contribution in [2.24, 2.45) is 0 Å². The Labute approximate surface area is 122 Å². The summed E-state index contributed by atoms with van der Waals surface area (Å²) in [6.45, 7) is 3.40. The smallest absolute Gasteiger partial charge is 0.244 e. The fourth-order valence-corrected chi connectivity index (χ4v) is 3.53. The first-order valence-electron chi connectivity index (χ1n) is 6.48. The van der Waals surface area contributed by atoms with Gasteiger partial charge in [-0.1, -0.05) is 18.2 Å². The number of nitrogens with one attached hydrogen (secondary N) is 2. The van der Waals surface area contributed by atoms with Gasteiger partial charge in [0, 0.05) is 5.39 Å². The zero-order chi connectivity index (χ0) is 15.0. The molecule has 3 rings (SSSR count). The molecule has 1 aromatic carbocycles. The average Bonchev–Trinajstić information content (AvgIpc) is 3.03. The summed E-state index contributed by atoms with van der Waals surface area (Å²) in [7, 11) is -3.64. The molecule has 0 spiro atoms. The predicted molar refractivity (Wildman–Crippen MR) is 78.3 cm³/mol. The fourth-order valence-electron chi connectivity index (χ4n) is 2.18. The van der Waals surface area contributed by atoms with Crippen LogP contribution in [0.4, 0.5) is 0 Å². The topological polar surface area (TPSA) is 88.0 Å². The van der Waals surface area contributed by atoms with Crippen molar-refractivity contribution >= 4 is 21.0 Å². The number of furan rings is 1. The molecule has 2 heterocycles. The van der Waals surface area contributed by atoms with Gasteiger partial charge in [-0.15, -0.1) is 0 Å². The minimum absolute atomic E-state index is 0.144. The summed E-state index contributed by atoms with van der Waals surface area (Å²) in [6.07, 6.45) is 1.29. The summed E-state index contributed by atoms with van der Waals surface area (Å²) in [5.41, 5.74) is 1.23. The van der Waals surface area contributed by atoms with E-state index in [0.29, 0.717) is 11.5 Å². The first-order chi connectivity index (χ1) is 9.97. The molecule has 110 valence electrons. The van der Waals surface area contributed by atoms with Gasteiger partial charge in [0.05, 0.1) is 17.9 Å². The van der Waals surface area contributed by atoms with Crippen LogP contribution in [-0.2, 0) is 10.0 Å². The first kappa shape index (κ1) is 13.8. The number of hydrogen-bond donors (Lipinski definition) is 2. The number of nitrogens with zero attached hydrogens (tertiary/aromatic N) is 1. The van der Waals surface area contributed by atoms with E-state index in [1.165, 1.54) is 6.20 Å². The third-order valence-corrected chi connectivity index (χ3v) is 4.93. The molecule has 2 N–H and O–H groups in total. The minimum Gasteiger partial charge on any atom is -0.459 e. The predicted octanol–water partition coefficient (Wildman–Crippen LogP) is 2.50. The van der Waals surface area contributed by atoms with Gasteiger partial charge < -0.3 is 4.42 Å². The summed E-state index contributed by atoms with van der Waals surface area (Å²) in [4.78, 5) is 0.144. The van der Waals surface area contributed by atoms with Crippen LogP contribution in [0.15, 0.2) is 45.8 Å². The van der Waals surface area contributed by atoms with Gasteiger partial charge in [0.15, 0.2) is 0 Å². The standard InChI is InChI=1S/C14H15N3O3S/c1-9(13-7-11-5-3-4-6-12(11)20-13)17-21(18,19)14-8-15-16-10(14)2/h3-9,17H,1-2H3,(H,15,16). The van der Waals surface area contributed by atoms with Crippen molar-refractivity contribution in [3.8, 4) is 0 Å². The number of fused-ring (bicyclic) bond motifs is 1. The van der Waals surface area contributed by atoms with E-state index in [1.807, 2.05) is 30.3 Å². The van der Waals surface area contributed by atoms with Crippen molar-refractivity contribution < 1.29 is 12.8 Å². The third kappa shape index (κ3) is 2.57. The molecule has 0 bridgehead atoms. The van der Waals surface area contributed by atoms with Crippen LogP contribution >= 0.6 is 0 Å². The highest BCUT2D eigenvalue weighted by Crippen LogP contribution is 2.25. The number of rotatable bonds is 4.